The normalized spacial score (nSPS) is 16.4. The van der Waals surface area contributed by atoms with Gasteiger partial charge in [-0.05, 0) is 25.0 Å². The molecule has 0 aliphatic heterocycles. The Hall–Kier alpha value is -1.91. The predicted molar refractivity (Wildman–Crippen MR) is 73.6 cm³/mol. The van der Waals surface area contributed by atoms with Gasteiger partial charge in [-0.3, -0.25) is 4.79 Å². The molecule has 1 saturated carbocycles. The Bertz CT molecular complexity index is 617. The first kappa shape index (κ1) is 13.1. The fourth-order valence-electron chi connectivity index (χ4n) is 2.79. The maximum absolute atomic E-state index is 13.1. The molecule has 2 heterocycles. The topological polar surface area (TPSA) is 46.4 Å². The zero-order chi connectivity index (χ0) is 13.9. The first-order valence-corrected chi connectivity index (χ1v) is 7.13. The van der Waals surface area contributed by atoms with Crippen LogP contribution in [0.4, 0.5) is 4.39 Å². The summed E-state index contributed by atoms with van der Waals surface area (Å²) in [7, 11) is 0. The van der Waals surface area contributed by atoms with E-state index in [9.17, 15) is 9.18 Å². The van der Waals surface area contributed by atoms with Crippen molar-refractivity contribution < 1.29 is 9.18 Å². The van der Waals surface area contributed by atoms with Crippen LogP contribution in [0.3, 0.4) is 0 Å². The summed E-state index contributed by atoms with van der Waals surface area (Å²) in [6.07, 6.45) is 8.64. The summed E-state index contributed by atoms with van der Waals surface area (Å²) in [4.78, 5) is 16.4. The Morgan fingerprint density at radius 1 is 1.30 bits per heavy atom. The van der Waals surface area contributed by atoms with Crippen LogP contribution < -0.4 is 5.32 Å². The summed E-state index contributed by atoms with van der Waals surface area (Å²) in [6, 6.07) is 3.01. The number of imidazole rings is 1. The van der Waals surface area contributed by atoms with Crippen LogP contribution in [0.1, 0.15) is 37.8 Å². The Balaban J connectivity index is 1.63. The third-order valence-electron chi connectivity index (χ3n) is 3.88. The van der Waals surface area contributed by atoms with Gasteiger partial charge < -0.3 is 9.72 Å². The van der Waals surface area contributed by atoms with E-state index in [1.54, 1.807) is 16.7 Å². The Morgan fingerprint density at radius 3 is 2.90 bits per heavy atom. The van der Waals surface area contributed by atoms with Crippen LogP contribution >= 0.6 is 0 Å². The van der Waals surface area contributed by atoms with Crippen molar-refractivity contribution in [3.05, 3.63) is 36.0 Å². The van der Waals surface area contributed by atoms with Crippen LogP contribution in [0.2, 0.25) is 0 Å². The number of nitrogens with one attached hydrogen (secondary N) is 1. The van der Waals surface area contributed by atoms with Crippen molar-refractivity contribution in [2.45, 2.75) is 38.6 Å². The van der Waals surface area contributed by atoms with Crippen molar-refractivity contribution in [2.24, 2.45) is 5.92 Å². The van der Waals surface area contributed by atoms with Gasteiger partial charge in [0.25, 0.3) is 0 Å². The number of halogens is 1. The van der Waals surface area contributed by atoms with E-state index in [4.69, 9.17) is 0 Å². The number of pyridine rings is 1. The fraction of sp³-hybridized carbons (Fsp3) is 0.467. The molecule has 0 spiro atoms. The number of hydrogen-bond donors (Lipinski definition) is 1. The molecule has 5 heteroatoms. The standard InChI is InChI=1S/C15H18FN3O/c16-12-6-7-14-18-13(10-19(14)9-12)8-17-15(20)11-4-2-1-3-5-11/h6-7,9-11H,1-5,8H2,(H,17,20). The van der Waals surface area contributed by atoms with E-state index in [1.807, 2.05) is 0 Å². The lowest BCUT2D eigenvalue weighted by atomic mass is 9.89. The van der Waals surface area contributed by atoms with Gasteiger partial charge in [0, 0.05) is 18.3 Å². The molecule has 1 amide bonds. The average Bonchev–Trinajstić information content (AvgIpc) is 2.87. The maximum atomic E-state index is 13.1. The minimum atomic E-state index is -0.298. The van der Waals surface area contributed by atoms with Crippen molar-refractivity contribution in [3.63, 3.8) is 0 Å². The minimum absolute atomic E-state index is 0.118. The van der Waals surface area contributed by atoms with Gasteiger partial charge in [-0.2, -0.15) is 0 Å². The van der Waals surface area contributed by atoms with Gasteiger partial charge in [0.2, 0.25) is 5.91 Å². The van der Waals surface area contributed by atoms with Crippen LogP contribution in [0.5, 0.6) is 0 Å². The molecular weight excluding hydrogens is 257 g/mol. The predicted octanol–water partition coefficient (Wildman–Crippen LogP) is 2.67. The average molecular weight is 275 g/mol. The molecule has 0 saturated heterocycles. The van der Waals surface area contributed by atoms with Gasteiger partial charge in [-0.15, -0.1) is 0 Å². The lowest BCUT2D eigenvalue weighted by Crippen LogP contribution is -2.31. The van der Waals surface area contributed by atoms with Crippen LogP contribution in [0, 0.1) is 11.7 Å². The Morgan fingerprint density at radius 2 is 2.10 bits per heavy atom. The van der Waals surface area contributed by atoms with E-state index in [1.165, 1.54) is 18.7 Å². The van der Waals surface area contributed by atoms with E-state index >= 15 is 0 Å². The molecule has 1 fully saturated rings. The van der Waals surface area contributed by atoms with Crippen LogP contribution in [-0.2, 0) is 11.3 Å². The second-order valence-corrected chi connectivity index (χ2v) is 5.40. The summed E-state index contributed by atoms with van der Waals surface area (Å²) >= 11 is 0. The second kappa shape index (κ2) is 5.61. The van der Waals surface area contributed by atoms with E-state index in [-0.39, 0.29) is 17.6 Å². The third-order valence-corrected chi connectivity index (χ3v) is 3.88. The molecule has 1 N–H and O–H groups in total. The number of nitrogens with zero attached hydrogens (tertiary/aromatic N) is 2. The molecule has 3 rings (SSSR count). The number of carbonyl (C=O) groups excluding carboxylic acids is 1. The zero-order valence-corrected chi connectivity index (χ0v) is 11.3. The monoisotopic (exact) mass is 275 g/mol. The van der Waals surface area contributed by atoms with Crippen molar-refractivity contribution in [1.29, 1.82) is 0 Å². The Labute approximate surface area is 117 Å². The molecule has 1 aliphatic carbocycles. The van der Waals surface area contributed by atoms with Crippen molar-refractivity contribution in [1.82, 2.24) is 14.7 Å². The van der Waals surface area contributed by atoms with Gasteiger partial charge in [0.05, 0.1) is 12.2 Å². The molecule has 20 heavy (non-hydrogen) atoms. The van der Waals surface area contributed by atoms with E-state index in [2.05, 4.69) is 10.3 Å². The van der Waals surface area contributed by atoms with Crippen molar-refractivity contribution in [2.75, 3.05) is 0 Å². The molecule has 0 unspecified atom stereocenters. The highest BCUT2D eigenvalue weighted by atomic mass is 19.1. The summed E-state index contributed by atoms with van der Waals surface area (Å²) in [6.45, 7) is 0.401. The first-order valence-electron chi connectivity index (χ1n) is 7.13. The number of fused-ring (bicyclic) bond motifs is 1. The molecule has 0 atom stereocenters. The van der Waals surface area contributed by atoms with Gasteiger partial charge in [-0.25, -0.2) is 9.37 Å². The summed E-state index contributed by atoms with van der Waals surface area (Å²) in [5.74, 6) is -0.0288. The number of amides is 1. The number of aromatic nitrogens is 2. The van der Waals surface area contributed by atoms with Crippen LogP contribution in [0.25, 0.3) is 5.65 Å². The van der Waals surface area contributed by atoms with Gasteiger partial charge in [0.15, 0.2) is 0 Å². The number of hydrogen-bond acceptors (Lipinski definition) is 2. The molecule has 0 bridgehead atoms. The van der Waals surface area contributed by atoms with Crippen LogP contribution in [0.15, 0.2) is 24.5 Å². The smallest absolute Gasteiger partial charge is 0.223 e. The molecule has 1 aliphatic rings. The van der Waals surface area contributed by atoms with Crippen molar-refractivity contribution >= 4 is 11.6 Å². The van der Waals surface area contributed by atoms with E-state index in [0.717, 1.165) is 31.4 Å². The maximum Gasteiger partial charge on any atom is 0.223 e. The summed E-state index contributed by atoms with van der Waals surface area (Å²) in [5, 5.41) is 2.94. The molecule has 4 nitrogen and oxygen atoms in total. The van der Waals surface area contributed by atoms with Crippen LogP contribution in [-0.4, -0.2) is 15.3 Å². The second-order valence-electron chi connectivity index (χ2n) is 5.40. The molecule has 2 aromatic rings. The zero-order valence-electron chi connectivity index (χ0n) is 11.3. The Kier molecular flexibility index (Phi) is 3.67. The molecule has 0 aromatic carbocycles. The highest BCUT2D eigenvalue weighted by Crippen LogP contribution is 2.23. The highest BCUT2D eigenvalue weighted by Gasteiger charge is 2.20. The lowest BCUT2D eigenvalue weighted by Gasteiger charge is -2.20. The van der Waals surface area contributed by atoms with Gasteiger partial charge in [0.1, 0.15) is 11.5 Å². The van der Waals surface area contributed by atoms with E-state index in [0.29, 0.717) is 12.2 Å². The lowest BCUT2D eigenvalue weighted by molar-refractivity contribution is -0.126. The van der Waals surface area contributed by atoms with Crippen molar-refractivity contribution in [3.8, 4) is 0 Å². The molecular formula is C15H18FN3O. The minimum Gasteiger partial charge on any atom is -0.350 e. The third kappa shape index (κ3) is 2.81. The molecule has 0 radical (unpaired) electrons. The first-order chi connectivity index (χ1) is 9.72. The highest BCUT2D eigenvalue weighted by molar-refractivity contribution is 5.78. The summed E-state index contributed by atoms with van der Waals surface area (Å²) < 4.78 is 14.7. The van der Waals surface area contributed by atoms with Gasteiger partial charge >= 0.3 is 0 Å². The number of carbonyl (C=O) groups is 1. The molecule has 2 aromatic heterocycles. The summed E-state index contributed by atoms with van der Waals surface area (Å²) in [5.41, 5.74) is 1.44. The molecule has 106 valence electrons. The van der Waals surface area contributed by atoms with E-state index < -0.39 is 0 Å². The quantitative estimate of drug-likeness (QED) is 0.936. The SMILES string of the molecule is O=C(NCc1cn2cc(F)ccc2n1)C1CCCCC1. The van der Waals surface area contributed by atoms with Gasteiger partial charge in [-0.1, -0.05) is 19.3 Å². The largest absolute Gasteiger partial charge is 0.350 e. The fourth-order valence-corrected chi connectivity index (χ4v) is 2.79. The number of rotatable bonds is 3.